The molecular weight excluding hydrogens is 374 g/mol. The van der Waals surface area contributed by atoms with E-state index < -0.39 is 0 Å². The van der Waals surface area contributed by atoms with Crippen LogP contribution in [0.5, 0.6) is 11.5 Å². The first-order valence-corrected chi connectivity index (χ1v) is 10.1. The van der Waals surface area contributed by atoms with E-state index in [-0.39, 0.29) is 11.9 Å². The number of carbonyl (C=O) groups is 1. The molecule has 7 heteroatoms. The first-order valence-electron chi connectivity index (χ1n) is 9.29. The van der Waals surface area contributed by atoms with Gasteiger partial charge in [0, 0.05) is 6.07 Å². The van der Waals surface area contributed by atoms with Crippen LogP contribution in [0.3, 0.4) is 0 Å². The van der Waals surface area contributed by atoms with Crippen LogP contribution in [0.4, 0.5) is 5.69 Å². The topological polar surface area (TPSA) is 63.7 Å². The molecular formula is C21H23N3O3S. The van der Waals surface area contributed by atoms with E-state index in [0.29, 0.717) is 23.7 Å². The van der Waals surface area contributed by atoms with Gasteiger partial charge in [0.05, 0.1) is 42.7 Å². The second kappa shape index (κ2) is 8.16. The van der Waals surface area contributed by atoms with E-state index in [1.54, 1.807) is 43.8 Å². The molecule has 1 fully saturated rings. The quantitative estimate of drug-likeness (QED) is 0.679. The number of hydrogen-bond acceptors (Lipinski definition) is 6. The van der Waals surface area contributed by atoms with Crippen LogP contribution in [0.2, 0.25) is 0 Å². The van der Waals surface area contributed by atoms with Crippen LogP contribution in [0.1, 0.15) is 23.9 Å². The number of carbonyl (C=O) groups excluding carboxylic acids is 1. The van der Waals surface area contributed by atoms with Crippen molar-refractivity contribution in [1.29, 1.82) is 0 Å². The summed E-state index contributed by atoms with van der Waals surface area (Å²) in [5, 5.41) is 4.05. The van der Waals surface area contributed by atoms with Crippen molar-refractivity contribution in [1.82, 2.24) is 9.88 Å². The highest BCUT2D eigenvalue weighted by Crippen LogP contribution is 2.36. The molecule has 1 N–H and O–H groups in total. The van der Waals surface area contributed by atoms with E-state index in [4.69, 9.17) is 14.5 Å². The average Bonchev–Trinajstić information content (AvgIpc) is 3.34. The SMILES string of the molecule is COc1ccc(NC(=O)CN2CCC[C@H]2c2nc3ccccc3s2)c(OC)c1. The van der Waals surface area contributed by atoms with Crippen molar-refractivity contribution in [2.24, 2.45) is 0 Å². The first kappa shape index (κ1) is 18.7. The van der Waals surface area contributed by atoms with Gasteiger partial charge in [0.15, 0.2) is 0 Å². The summed E-state index contributed by atoms with van der Waals surface area (Å²) in [6.45, 7) is 1.23. The van der Waals surface area contributed by atoms with Crippen LogP contribution >= 0.6 is 11.3 Å². The van der Waals surface area contributed by atoms with Gasteiger partial charge in [-0.25, -0.2) is 4.98 Å². The van der Waals surface area contributed by atoms with Gasteiger partial charge in [-0.3, -0.25) is 9.69 Å². The van der Waals surface area contributed by atoms with Crippen LogP contribution in [-0.2, 0) is 4.79 Å². The van der Waals surface area contributed by atoms with Gasteiger partial charge in [-0.1, -0.05) is 12.1 Å². The van der Waals surface area contributed by atoms with Crippen LogP contribution in [0, 0.1) is 0 Å². The minimum absolute atomic E-state index is 0.0588. The number of benzene rings is 2. The summed E-state index contributed by atoms with van der Waals surface area (Å²) in [6.07, 6.45) is 2.10. The van der Waals surface area contributed by atoms with E-state index in [1.165, 1.54) is 4.70 Å². The highest BCUT2D eigenvalue weighted by atomic mass is 32.1. The summed E-state index contributed by atoms with van der Waals surface area (Å²) < 4.78 is 11.8. The van der Waals surface area contributed by atoms with Crippen molar-refractivity contribution in [3.05, 3.63) is 47.5 Å². The Hall–Kier alpha value is -2.64. The van der Waals surface area contributed by atoms with E-state index in [0.717, 1.165) is 29.9 Å². The molecule has 0 unspecified atom stereocenters. The Balaban J connectivity index is 1.46. The van der Waals surface area contributed by atoms with Gasteiger partial charge in [0.2, 0.25) is 5.91 Å². The number of anilines is 1. The number of fused-ring (bicyclic) bond motifs is 1. The largest absolute Gasteiger partial charge is 0.497 e. The number of nitrogens with one attached hydrogen (secondary N) is 1. The van der Waals surface area contributed by atoms with Crippen LogP contribution in [0.25, 0.3) is 10.2 Å². The molecule has 28 heavy (non-hydrogen) atoms. The van der Waals surface area contributed by atoms with Gasteiger partial charge in [-0.05, 0) is 43.7 Å². The second-order valence-electron chi connectivity index (χ2n) is 6.76. The van der Waals surface area contributed by atoms with Crippen molar-refractivity contribution >= 4 is 33.1 Å². The Labute approximate surface area is 168 Å². The predicted octanol–water partition coefficient (Wildman–Crippen LogP) is 4.09. The van der Waals surface area contributed by atoms with Crippen molar-refractivity contribution in [3.8, 4) is 11.5 Å². The average molecular weight is 398 g/mol. The number of rotatable bonds is 6. The zero-order valence-corrected chi connectivity index (χ0v) is 16.8. The molecule has 1 saturated heterocycles. The van der Waals surface area contributed by atoms with Gasteiger partial charge < -0.3 is 14.8 Å². The molecule has 1 aromatic heterocycles. The zero-order valence-electron chi connectivity index (χ0n) is 16.0. The molecule has 146 valence electrons. The fourth-order valence-corrected chi connectivity index (χ4v) is 4.74. The van der Waals surface area contributed by atoms with Crippen molar-refractivity contribution in [2.75, 3.05) is 32.6 Å². The van der Waals surface area contributed by atoms with Crippen molar-refractivity contribution in [3.63, 3.8) is 0 Å². The summed E-state index contributed by atoms with van der Waals surface area (Å²) in [6, 6.07) is 13.7. The van der Waals surface area contributed by atoms with Crippen LogP contribution < -0.4 is 14.8 Å². The molecule has 1 aliphatic rings. The summed E-state index contributed by atoms with van der Waals surface area (Å²) in [5.41, 5.74) is 1.67. The molecule has 1 amide bonds. The molecule has 0 radical (unpaired) electrons. The van der Waals surface area contributed by atoms with Crippen molar-refractivity contribution in [2.45, 2.75) is 18.9 Å². The third-order valence-electron chi connectivity index (χ3n) is 4.99. The summed E-state index contributed by atoms with van der Waals surface area (Å²) in [7, 11) is 3.18. The third kappa shape index (κ3) is 3.81. The minimum Gasteiger partial charge on any atom is -0.497 e. The van der Waals surface area contributed by atoms with E-state index in [1.807, 2.05) is 18.2 Å². The number of aromatic nitrogens is 1. The molecule has 0 saturated carbocycles. The van der Waals surface area contributed by atoms with E-state index >= 15 is 0 Å². The van der Waals surface area contributed by atoms with Crippen LogP contribution in [-0.4, -0.2) is 43.1 Å². The number of methoxy groups -OCH3 is 2. The lowest BCUT2D eigenvalue weighted by Gasteiger charge is -2.22. The molecule has 0 aliphatic carbocycles. The second-order valence-corrected chi connectivity index (χ2v) is 7.82. The fraction of sp³-hybridized carbons (Fsp3) is 0.333. The number of para-hydroxylation sites is 1. The maximum Gasteiger partial charge on any atom is 0.238 e. The summed E-state index contributed by atoms with van der Waals surface area (Å²) in [5.74, 6) is 1.21. The maximum absolute atomic E-state index is 12.7. The number of hydrogen-bond donors (Lipinski definition) is 1. The van der Waals surface area contributed by atoms with Gasteiger partial charge in [-0.15, -0.1) is 11.3 Å². The van der Waals surface area contributed by atoms with Gasteiger partial charge >= 0.3 is 0 Å². The molecule has 0 spiro atoms. The number of thiazole rings is 1. The standard InChI is InChI=1S/C21H23N3O3S/c1-26-14-9-10-15(18(12-14)27-2)22-20(25)13-24-11-5-7-17(24)21-23-16-6-3-4-8-19(16)28-21/h3-4,6,8-10,12,17H,5,7,11,13H2,1-2H3,(H,22,25)/t17-/m0/s1. The molecule has 1 atom stereocenters. The summed E-state index contributed by atoms with van der Waals surface area (Å²) in [4.78, 5) is 19.7. The molecule has 1 aliphatic heterocycles. The molecule has 2 aromatic carbocycles. The highest BCUT2D eigenvalue weighted by Gasteiger charge is 2.30. The molecule has 2 heterocycles. The lowest BCUT2D eigenvalue weighted by molar-refractivity contribution is -0.117. The van der Waals surface area contributed by atoms with Gasteiger partial charge in [-0.2, -0.15) is 0 Å². The maximum atomic E-state index is 12.7. The minimum atomic E-state index is -0.0588. The Morgan fingerprint density at radius 2 is 2.11 bits per heavy atom. The number of ether oxygens (including phenoxy) is 2. The Bertz CT molecular complexity index is 955. The smallest absolute Gasteiger partial charge is 0.238 e. The number of nitrogens with zero attached hydrogens (tertiary/aromatic N) is 2. The molecule has 6 nitrogen and oxygen atoms in total. The highest BCUT2D eigenvalue weighted by molar-refractivity contribution is 7.18. The monoisotopic (exact) mass is 397 g/mol. The summed E-state index contributed by atoms with van der Waals surface area (Å²) >= 11 is 1.72. The normalized spacial score (nSPS) is 17.0. The van der Waals surface area contributed by atoms with Gasteiger partial charge in [0.1, 0.15) is 16.5 Å². The van der Waals surface area contributed by atoms with Crippen molar-refractivity contribution < 1.29 is 14.3 Å². The fourth-order valence-electron chi connectivity index (χ4n) is 3.60. The number of likely N-dealkylation sites (tertiary alicyclic amines) is 1. The molecule has 0 bridgehead atoms. The molecule has 3 aromatic rings. The lowest BCUT2D eigenvalue weighted by atomic mass is 10.2. The van der Waals surface area contributed by atoms with Crippen LogP contribution in [0.15, 0.2) is 42.5 Å². The Kier molecular flexibility index (Phi) is 5.45. The predicted molar refractivity (Wildman–Crippen MR) is 111 cm³/mol. The lowest BCUT2D eigenvalue weighted by Crippen LogP contribution is -2.33. The van der Waals surface area contributed by atoms with E-state index in [2.05, 4.69) is 16.3 Å². The molecule has 4 rings (SSSR count). The first-order chi connectivity index (χ1) is 13.7. The third-order valence-corrected chi connectivity index (χ3v) is 6.13. The Morgan fingerprint density at radius 1 is 1.25 bits per heavy atom. The number of amides is 1. The Morgan fingerprint density at radius 3 is 2.89 bits per heavy atom. The zero-order chi connectivity index (χ0) is 19.5. The van der Waals surface area contributed by atoms with Gasteiger partial charge in [0.25, 0.3) is 0 Å². The van der Waals surface area contributed by atoms with E-state index in [9.17, 15) is 4.79 Å².